The Balaban J connectivity index is 1.63. The molecule has 0 unspecified atom stereocenters. The van der Waals surface area contributed by atoms with Crippen molar-refractivity contribution < 1.29 is 14.1 Å². The highest BCUT2D eigenvalue weighted by molar-refractivity contribution is 5.89. The average Bonchev–Trinajstić information content (AvgIpc) is 3.34. The van der Waals surface area contributed by atoms with Crippen LogP contribution in [0, 0.1) is 0 Å². The van der Waals surface area contributed by atoms with Gasteiger partial charge in [-0.25, -0.2) is 0 Å². The molecule has 2 heterocycles. The molecule has 1 aliphatic rings. The number of hydrazine groups is 2. The lowest BCUT2D eigenvalue weighted by molar-refractivity contribution is -0.114. The number of ether oxygens (including phenoxy) is 1. The van der Waals surface area contributed by atoms with Gasteiger partial charge < -0.3 is 20.0 Å². The fourth-order valence-electron chi connectivity index (χ4n) is 3.17. The number of hydrogen-bond acceptors (Lipinski definition) is 8. The molecule has 3 aromatic rings. The first-order valence-corrected chi connectivity index (χ1v) is 9.21. The van der Waals surface area contributed by atoms with Crippen molar-refractivity contribution in [1.29, 1.82) is 0 Å². The molecule has 1 aromatic heterocycles. The van der Waals surface area contributed by atoms with Gasteiger partial charge in [-0.15, -0.1) is 5.53 Å². The molecule has 0 saturated carbocycles. The smallest absolute Gasteiger partial charge is 0.258 e. The van der Waals surface area contributed by atoms with Crippen LogP contribution < -0.4 is 26.0 Å². The molecular formula is C20H22N6O3. The van der Waals surface area contributed by atoms with E-state index in [1.807, 2.05) is 23.2 Å². The zero-order chi connectivity index (χ0) is 20.5. The number of hydrogen-bond donors (Lipinski definition) is 3. The first-order chi connectivity index (χ1) is 14.0. The Labute approximate surface area is 168 Å². The van der Waals surface area contributed by atoms with Crippen LogP contribution in [0.5, 0.6) is 5.75 Å². The highest BCUT2D eigenvalue weighted by atomic mass is 16.5. The van der Waals surface area contributed by atoms with Crippen LogP contribution in [0.2, 0.25) is 0 Å². The van der Waals surface area contributed by atoms with Crippen LogP contribution >= 0.6 is 0 Å². The standard InChI is InChI=1S/C20H22N6O3/c1-11(2)26-17-8-5-13(9-16(17)23-25-26)20-22-19(24-29-20)15-7-6-14(21-12(3)27)10-18(15)28-4/h5-11,23,25H,1-4H3,(H,21,27). The number of anilines is 3. The quantitative estimate of drug-likeness (QED) is 0.605. The molecule has 0 atom stereocenters. The molecule has 9 nitrogen and oxygen atoms in total. The van der Waals surface area contributed by atoms with Crippen molar-refractivity contribution in [3.63, 3.8) is 0 Å². The van der Waals surface area contributed by atoms with Crippen LogP contribution in [-0.4, -0.2) is 29.2 Å². The number of carbonyl (C=O) groups excluding carboxylic acids is 1. The van der Waals surface area contributed by atoms with Gasteiger partial charge >= 0.3 is 0 Å². The van der Waals surface area contributed by atoms with E-state index in [4.69, 9.17) is 9.26 Å². The van der Waals surface area contributed by atoms with Crippen LogP contribution in [-0.2, 0) is 4.79 Å². The summed E-state index contributed by atoms with van der Waals surface area (Å²) in [5, 5.41) is 8.86. The van der Waals surface area contributed by atoms with Gasteiger partial charge in [0.2, 0.25) is 11.7 Å². The topological polar surface area (TPSA) is 105 Å². The summed E-state index contributed by atoms with van der Waals surface area (Å²) in [6, 6.07) is 11.5. The second kappa shape index (κ2) is 7.44. The molecular weight excluding hydrogens is 372 g/mol. The number of nitrogens with zero attached hydrogens (tertiary/aromatic N) is 3. The zero-order valence-electron chi connectivity index (χ0n) is 16.6. The van der Waals surface area contributed by atoms with Crippen LogP contribution in [0.1, 0.15) is 20.8 Å². The van der Waals surface area contributed by atoms with Crippen LogP contribution in [0.3, 0.4) is 0 Å². The summed E-state index contributed by atoms with van der Waals surface area (Å²) in [5.74, 6) is 1.19. The van der Waals surface area contributed by atoms with Gasteiger partial charge in [0, 0.05) is 30.3 Å². The molecule has 3 N–H and O–H groups in total. The van der Waals surface area contributed by atoms with E-state index in [1.54, 1.807) is 25.3 Å². The average molecular weight is 394 g/mol. The SMILES string of the molecule is COc1cc(NC(C)=O)ccc1-c1noc(-c2ccc3c(c2)NNN3C(C)C)n1. The van der Waals surface area contributed by atoms with Gasteiger partial charge in [0.1, 0.15) is 5.75 Å². The van der Waals surface area contributed by atoms with Gasteiger partial charge in [-0.3, -0.25) is 9.80 Å². The van der Waals surface area contributed by atoms with E-state index in [9.17, 15) is 4.79 Å². The van der Waals surface area contributed by atoms with Crippen molar-refractivity contribution in [2.45, 2.75) is 26.8 Å². The third-order valence-electron chi connectivity index (χ3n) is 4.52. The summed E-state index contributed by atoms with van der Waals surface area (Å²) < 4.78 is 10.9. The van der Waals surface area contributed by atoms with E-state index < -0.39 is 0 Å². The Morgan fingerprint density at radius 2 is 2.07 bits per heavy atom. The molecule has 1 aliphatic heterocycles. The minimum atomic E-state index is -0.155. The summed E-state index contributed by atoms with van der Waals surface area (Å²) in [6.45, 7) is 5.66. The number of aromatic nitrogens is 2. The monoisotopic (exact) mass is 394 g/mol. The Kier molecular flexibility index (Phi) is 4.81. The van der Waals surface area contributed by atoms with Gasteiger partial charge in [-0.05, 0) is 44.2 Å². The molecule has 0 spiro atoms. The summed E-state index contributed by atoms with van der Waals surface area (Å²) >= 11 is 0. The molecule has 150 valence electrons. The number of rotatable bonds is 5. The summed E-state index contributed by atoms with van der Waals surface area (Å²) in [6.07, 6.45) is 0. The number of fused-ring (bicyclic) bond motifs is 1. The number of benzene rings is 2. The van der Waals surface area contributed by atoms with Crippen LogP contribution in [0.25, 0.3) is 22.8 Å². The molecule has 0 bridgehead atoms. The predicted molar refractivity (Wildman–Crippen MR) is 110 cm³/mol. The minimum Gasteiger partial charge on any atom is -0.496 e. The summed E-state index contributed by atoms with van der Waals surface area (Å²) in [5.41, 5.74) is 10.4. The summed E-state index contributed by atoms with van der Waals surface area (Å²) in [7, 11) is 1.55. The van der Waals surface area contributed by atoms with Crippen molar-refractivity contribution in [1.82, 2.24) is 15.7 Å². The zero-order valence-corrected chi connectivity index (χ0v) is 16.6. The van der Waals surface area contributed by atoms with E-state index in [2.05, 4.69) is 40.3 Å². The molecule has 1 amide bonds. The van der Waals surface area contributed by atoms with Crippen molar-refractivity contribution in [3.8, 4) is 28.6 Å². The molecule has 0 saturated heterocycles. The second-order valence-corrected chi connectivity index (χ2v) is 6.95. The van der Waals surface area contributed by atoms with Gasteiger partial charge in [0.25, 0.3) is 5.89 Å². The van der Waals surface area contributed by atoms with Crippen LogP contribution in [0.15, 0.2) is 40.9 Å². The lowest BCUT2D eigenvalue weighted by atomic mass is 10.1. The second-order valence-electron chi connectivity index (χ2n) is 6.95. The molecule has 2 aromatic carbocycles. The normalized spacial score (nSPS) is 12.7. The van der Waals surface area contributed by atoms with Gasteiger partial charge in [0.15, 0.2) is 0 Å². The predicted octanol–water partition coefficient (Wildman–Crippen LogP) is 3.43. The Bertz CT molecular complexity index is 1060. The Hall–Kier alpha value is -3.59. The van der Waals surface area contributed by atoms with E-state index in [0.717, 1.165) is 16.9 Å². The Morgan fingerprint density at radius 3 is 2.79 bits per heavy atom. The van der Waals surface area contributed by atoms with Crippen molar-refractivity contribution in [2.75, 3.05) is 22.9 Å². The maximum Gasteiger partial charge on any atom is 0.258 e. The number of nitrogens with one attached hydrogen (secondary N) is 3. The fourth-order valence-corrected chi connectivity index (χ4v) is 3.17. The molecule has 0 aliphatic carbocycles. The largest absolute Gasteiger partial charge is 0.496 e. The molecule has 9 heteroatoms. The van der Waals surface area contributed by atoms with Crippen molar-refractivity contribution >= 4 is 23.0 Å². The van der Waals surface area contributed by atoms with Gasteiger partial charge in [-0.2, -0.15) is 4.98 Å². The van der Waals surface area contributed by atoms with Gasteiger partial charge in [0.05, 0.1) is 24.0 Å². The summed E-state index contributed by atoms with van der Waals surface area (Å²) in [4.78, 5) is 15.8. The third-order valence-corrected chi connectivity index (χ3v) is 4.52. The number of amides is 1. The molecule has 0 radical (unpaired) electrons. The highest BCUT2D eigenvalue weighted by Crippen LogP contribution is 2.36. The molecule has 29 heavy (non-hydrogen) atoms. The maximum absolute atomic E-state index is 11.3. The van der Waals surface area contributed by atoms with E-state index in [1.165, 1.54) is 6.92 Å². The van der Waals surface area contributed by atoms with Crippen molar-refractivity contribution in [2.24, 2.45) is 0 Å². The maximum atomic E-state index is 11.3. The highest BCUT2D eigenvalue weighted by Gasteiger charge is 2.22. The third kappa shape index (κ3) is 3.59. The minimum absolute atomic E-state index is 0.155. The first-order valence-electron chi connectivity index (χ1n) is 9.21. The first kappa shape index (κ1) is 18.8. The number of methoxy groups -OCH3 is 1. The molecule has 0 fully saturated rings. The number of carbonyl (C=O) groups is 1. The Morgan fingerprint density at radius 1 is 1.24 bits per heavy atom. The van der Waals surface area contributed by atoms with E-state index in [-0.39, 0.29) is 5.91 Å². The van der Waals surface area contributed by atoms with Gasteiger partial charge in [-0.1, -0.05) is 5.16 Å². The lowest BCUT2D eigenvalue weighted by Gasteiger charge is -2.21. The van der Waals surface area contributed by atoms with Crippen LogP contribution in [0.4, 0.5) is 17.1 Å². The lowest BCUT2D eigenvalue weighted by Crippen LogP contribution is -2.41. The molecule has 4 rings (SSSR count). The fraction of sp³-hybridized carbons (Fsp3) is 0.250. The van der Waals surface area contributed by atoms with E-state index >= 15 is 0 Å². The van der Waals surface area contributed by atoms with Crippen molar-refractivity contribution in [3.05, 3.63) is 36.4 Å². The van der Waals surface area contributed by atoms with E-state index in [0.29, 0.717) is 34.8 Å².